The molecule has 4 heteroatoms. The molecule has 3 nitrogen and oxygen atoms in total. The van der Waals surface area contributed by atoms with E-state index in [1.54, 1.807) is 11.1 Å². The average Bonchev–Trinajstić information content (AvgIpc) is 3.63. The van der Waals surface area contributed by atoms with Crippen LogP contribution < -0.4 is 0 Å². The van der Waals surface area contributed by atoms with Crippen molar-refractivity contribution in [1.29, 1.82) is 0 Å². The summed E-state index contributed by atoms with van der Waals surface area (Å²) in [5.74, 6) is 2.84. The van der Waals surface area contributed by atoms with Crippen LogP contribution in [0.3, 0.4) is 0 Å². The molecule has 1 aliphatic heterocycles. The van der Waals surface area contributed by atoms with E-state index in [4.69, 9.17) is 4.98 Å². The second kappa shape index (κ2) is 11.7. The largest absolute Gasteiger partial charge is 0.327 e. The molecule has 0 spiro atoms. The molecular weight excluding hydrogens is 494 g/mol. The molecule has 6 rings (SSSR count). The van der Waals surface area contributed by atoms with Crippen LogP contribution in [0.4, 0.5) is 0 Å². The standard InChI is InChI=1S/C35H47N3S/c1-5-25-14-10-11-15-26(6-2)33(25)35-36-34(32-20-24(4)23-39-32)31(38(35)7-3)22-37-19-12-8-9-18-30(37)28-17-13-16-27-21-29(27)28/h13-14,16-17,20,23,27,29-30H,5-12,15,18-19,21-22H2,1-4H3. The van der Waals surface area contributed by atoms with Gasteiger partial charge in [-0.3, -0.25) is 4.90 Å². The van der Waals surface area contributed by atoms with Crippen LogP contribution in [0.2, 0.25) is 0 Å². The number of hydrogen-bond donors (Lipinski definition) is 0. The maximum absolute atomic E-state index is 5.60. The highest BCUT2D eigenvalue weighted by atomic mass is 32.1. The summed E-state index contributed by atoms with van der Waals surface area (Å²) in [5, 5.41) is 2.30. The second-order valence-electron chi connectivity index (χ2n) is 12.2. The lowest BCUT2D eigenvalue weighted by Gasteiger charge is -2.33. The van der Waals surface area contributed by atoms with Crippen molar-refractivity contribution in [3.05, 3.63) is 69.6 Å². The van der Waals surface area contributed by atoms with Gasteiger partial charge in [-0.25, -0.2) is 4.98 Å². The number of nitrogens with zero attached hydrogens (tertiary/aromatic N) is 3. The van der Waals surface area contributed by atoms with Crippen molar-refractivity contribution < 1.29 is 0 Å². The number of likely N-dealkylation sites (tertiary alicyclic amines) is 1. The minimum absolute atomic E-state index is 0.573. The second-order valence-corrected chi connectivity index (χ2v) is 13.1. The summed E-state index contributed by atoms with van der Waals surface area (Å²) < 4.78 is 2.61. The number of aryl methyl sites for hydroxylation is 1. The van der Waals surface area contributed by atoms with Gasteiger partial charge in [-0.1, -0.05) is 56.6 Å². The molecule has 4 aliphatic rings. The Labute approximate surface area is 240 Å². The van der Waals surface area contributed by atoms with Gasteiger partial charge in [-0.2, -0.15) is 0 Å². The molecule has 1 saturated heterocycles. The zero-order valence-electron chi connectivity index (χ0n) is 24.6. The molecule has 2 fully saturated rings. The first-order valence-electron chi connectivity index (χ1n) is 15.8. The number of rotatable bonds is 8. The summed E-state index contributed by atoms with van der Waals surface area (Å²) in [5.41, 5.74) is 10.3. The summed E-state index contributed by atoms with van der Waals surface area (Å²) in [6.45, 7) is 12.4. The summed E-state index contributed by atoms with van der Waals surface area (Å²) in [7, 11) is 0. The summed E-state index contributed by atoms with van der Waals surface area (Å²) >= 11 is 1.87. The predicted molar refractivity (Wildman–Crippen MR) is 167 cm³/mol. The number of fused-ring (bicyclic) bond motifs is 1. The lowest BCUT2D eigenvalue weighted by atomic mass is 9.93. The van der Waals surface area contributed by atoms with Crippen LogP contribution in [0.1, 0.15) is 102 Å². The van der Waals surface area contributed by atoms with Crippen molar-refractivity contribution in [1.82, 2.24) is 14.5 Å². The van der Waals surface area contributed by atoms with E-state index >= 15 is 0 Å². The molecule has 1 saturated carbocycles. The summed E-state index contributed by atoms with van der Waals surface area (Å²) in [4.78, 5) is 9.78. The van der Waals surface area contributed by atoms with Crippen molar-refractivity contribution in [2.24, 2.45) is 11.8 Å². The molecule has 3 heterocycles. The molecule has 0 amide bonds. The van der Waals surface area contributed by atoms with E-state index < -0.39 is 0 Å². The first kappa shape index (κ1) is 27.0. The van der Waals surface area contributed by atoms with E-state index in [1.807, 2.05) is 11.3 Å². The molecule has 2 aromatic heterocycles. The third kappa shape index (κ3) is 5.32. The Hall–Kier alpha value is -2.17. The first-order chi connectivity index (χ1) is 19.1. The van der Waals surface area contributed by atoms with Crippen LogP contribution in [-0.2, 0) is 13.1 Å². The van der Waals surface area contributed by atoms with Crippen molar-refractivity contribution in [3.63, 3.8) is 0 Å². The van der Waals surface area contributed by atoms with Crippen molar-refractivity contribution in [2.45, 2.75) is 111 Å². The van der Waals surface area contributed by atoms with E-state index in [9.17, 15) is 0 Å². The van der Waals surface area contributed by atoms with Crippen LogP contribution in [0, 0.1) is 18.8 Å². The summed E-state index contributed by atoms with van der Waals surface area (Å²) in [6.07, 6.45) is 22.3. The van der Waals surface area contributed by atoms with Gasteiger partial charge in [0.25, 0.3) is 0 Å². The monoisotopic (exact) mass is 541 g/mol. The molecule has 0 bridgehead atoms. The SMILES string of the molecule is CCC1=CCCCC(CC)=C1c1nc(-c2cc(C)cs2)c(CN2CCCCCC2C2=CC=CC3CC23)n1CC. The normalized spacial score (nSPS) is 25.7. The number of thiophene rings is 1. The zero-order chi connectivity index (χ0) is 26.9. The average molecular weight is 542 g/mol. The molecule has 3 unspecified atom stereocenters. The molecule has 0 aromatic carbocycles. The van der Waals surface area contributed by atoms with E-state index in [2.05, 4.69) is 72.9 Å². The van der Waals surface area contributed by atoms with Crippen molar-refractivity contribution in [2.75, 3.05) is 6.54 Å². The van der Waals surface area contributed by atoms with Crippen LogP contribution in [0.5, 0.6) is 0 Å². The van der Waals surface area contributed by atoms with Crippen LogP contribution >= 0.6 is 11.3 Å². The molecule has 208 valence electrons. The van der Waals surface area contributed by atoms with E-state index in [-0.39, 0.29) is 0 Å². The number of allylic oxidation sites excluding steroid dienone is 7. The highest BCUT2D eigenvalue weighted by molar-refractivity contribution is 7.13. The van der Waals surface area contributed by atoms with Gasteiger partial charge < -0.3 is 4.57 Å². The predicted octanol–water partition coefficient (Wildman–Crippen LogP) is 9.50. The first-order valence-corrected chi connectivity index (χ1v) is 16.7. The van der Waals surface area contributed by atoms with Crippen molar-refractivity contribution >= 4 is 16.9 Å². The molecule has 3 atom stereocenters. The van der Waals surface area contributed by atoms with Crippen LogP contribution in [0.15, 0.2) is 52.5 Å². The quantitative estimate of drug-likeness (QED) is 0.332. The third-order valence-corrected chi connectivity index (χ3v) is 10.7. The molecule has 0 radical (unpaired) electrons. The molecule has 0 N–H and O–H groups in total. The van der Waals surface area contributed by atoms with E-state index in [1.165, 1.54) is 96.7 Å². The lowest BCUT2D eigenvalue weighted by Crippen LogP contribution is -2.37. The smallest absolute Gasteiger partial charge is 0.141 e. The molecule has 2 aromatic rings. The maximum atomic E-state index is 5.60. The minimum Gasteiger partial charge on any atom is -0.327 e. The fourth-order valence-electron chi connectivity index (χ4n) is 7.48. The van der Waals surface area contributed by atoms with Crippen molar-refractivity contribution in [3.8, 4) is 10.6 Å². The zero-order valence-corrected chi connectivity index (χ0v) is 25.5. The van der Waals surface area contributed by atoms with Crippen LogP contribution in [0.25, 0.3) is 16.1 Å². The van der Waals surface area contributed by atoms with Crippen LogP contribution in [-0.4, -0.2) is 27.0 Å². The van der Waals surface area contributed by atoms with Gasteiger partial charge in [0.05, 0.1) is 10.6 Å². The third-order valence-electron chi connectivity index (χ3n) is 9.65. The Balaban J connectivity index is 1.47. The number of aromatic nitrogens is 2. The van der Waals surface area contributed by atoms with Gasteiger partial charge in [0.15, 0.2) is 0 Å². The Morgan fingerprint density at radius 1 is 1.08 bits per heavy atom. The van der Waals surface area contributed by atoms with Gasteiger partial charge in [-0.15, -0.1) is 11.3 Å². The fraction of sp³-hybridized carbons (Fsp3) is 0.571. The Kier molecular flexibility index (Phi) is 8.14. The number of hydrogen-bond acceptors (Lipinski definition) is 3. The molecular formula is C35H47N3S. The Morgan fingerprint density at radius 3 is 2.74 bits per heavy atom. The summed E-state index contributed by atoms with van der Waals surface area (Å²) in [6, 6.07) is 2.94. The molecule has 3 aliphatic carbocycles. The number of imidazole rings is 1. The Morgan fingerprint density at radius 2 is 1.97 bits per heavy atom. The van der Waals surface area contributed by atoms with Gasteiger partial charge in [0.2, 0.25) is 0 Å². The maximum Gasteiger partial charge on any atom is 0.141 e. The lowest BCUT2D eigenvalue weighted by molar-refractivity contribution is 0.206. The minimum atomic E-state index is 0.573. The fourth-order valence-corrected chi connectivity index (χ4v) is 8.39. The highest BCUT2D eigenvalue weighted by Crippen LogP contribution is 2.50. The topological polar surface area (TPSA) is 21.1 Å². The highest BCUT2D eigenvalue weighted by Gasteiger charge is 2.43. The van der Waals surface area contributed by atoms with Gasteiger partial charge >= 0.3 is 0 Å². The van der Waals surface area contributed by atoms with Gasteiger partial charge in [0.1, 0.15) is 11.5 Å². The van der Waals surface area contributed by atoms with E-state index in [0.717, 1.165) is 37.8 Å². The van der Waals surface area contributed by atoms with Gasteiger partial charge in [-0.05, 0) is 112 Å². The molecule has 39 heavy (non-hydrogen) atoms. The van der Waals surface area contributed by atoms with Gasteiger partial charge in [0, 0.05) is 24.7 Å². The Bertz CT molecular complexity index is 1320. The van der Waals surface area contributed by atoms with E-state index in [0.29, 0.717) is 6.04 Å².